The summed E-state index contributed by atoms with van der Waals surface area (Å²) in [5.74, 6) is -3.12. The zero-order chi connectivity index (χ0) is 26.7. The van der Waals surface area contributed by atoms with Crippen molar-refractivity contribution in [2.45, 2.75) is 101 Å². The smallest absolute Gasteiger partial charge is 0.331 e. The lowest BCUT2D eigenvalue weighted by atomic mass is 9.45. The van der Waals surface area contributed by atoms with E-state index in [9.17, 15) is 24.6 Å². The van der Waals surface area contributed by atoms with Crippen LogP contribution in [0.1, 0.15) is 65.2 Å². The molecule has 0 aromatic rings. The molecular weight excluding hydrogens is 492 g/mol. The molecule has 206 valence electrons. The predicted molar refractivity (Wildman–Crippen MR) is 130 cm³/mol. The van der Waals surface area contributed by atoms with Crippen molar-refractivity contribution in [1.29, 1.82) is 0 Å². The fourth-order valence-corrected chi connectivity index (χ4v) is 9.48. The van der Waals surface area contributed by atoms with Crippen molar-refractivity contribution in [2.75, 3.05) is 6.61 Å². The van der Waals surface area contributed by atoms with E-state index in [2.05, 4.69) is 13.0 Å². The Labute approximate surface area is 221 Å². The van der Waals surface area contributed by atoms with E-state index >= 15 is 0 Å². The zero-order valence-electron chi connectivity index (χ0n) is 21.9. The molecule has 2 saturated heterocycles. The number of aldehydes is 1. The van der Waals surface area contributed by atoms with Crippen molar-refractivity contribution in [3.63, 3.8) is 0 Å². The fourth-order valence-electron chi connectivity index (χ4n) is 9.48. The van der Waals surface area contributed by atoms with Crippen LogP contribution in [0, 0.1) is 28.6 Å². The number of ether oxygens (including phenoxy) is 4. The molecule has 0 amide bonds. The lowest BCUT2D eigenvalue weighted by Gasteiger charge is -2.62. The van der Waals surface area contributed by atoms with Gasteiger partial charge in [0.15, 0.2) is 5.78 Å². The quantitative estimate of drug-likeness (QED) is 0.315. The average molecular weight is 529 g/mol. The van der Waals surface area contributed by atoms with Gasteiger partial charge in [-0.1, -0.05) is 18.6 Å². The molecule has 3 heterocycles. The minimum Gasteiger partial charge on any atom is -0.458 e. The third kappa shape index (κ3) is 3.08. The summed E-state index contributed by atoms with van der Waals surface area (Å²) in [7, 11) is 0. The Morgan fingerprint density at radius 3 is 2.61 bits per heavy atom. The molecule has 0 radical (unpaired) electrons. The molecule has 38 heavy (non-hydrogen) atoms. The summed E-state index contributed by atoms with van der Waals surface area (Å²) in [5, 5.41) is 23.5. The maximum absolute atomic E-state index is 13.1. The number of hydrogen-bond acceptors (Lipinski definition) is 9. The van der Waals surface area contributed by atoms with Crippen LogP contribution in [0.15, 0.2) is 23.3 Å². The van der Waals surface area contributed by atoms with Crippen LogP contribution < -0.4 is 0 Å². The normalized spacial score (nSPS) is 53.4. The van der Waals surface area contributed by atoms with Gasteiger partial charge in [0.05, 0.1) is 29.3 Å². The van der Waals surface area contributed by atoms with Crippen LogP contribution in [0.4, 0.5) is 0 Å². The van der Waals surface area contributed by atoms with E-state index in [1.54, 1.807) is 13.0 Å². The molecule has 0 aromatic heterocycles. The highest BCUT2D eigenvalue weighted by molar-refractivity contribution is 5.87. The summed E-state index contributed by atoms with van der Waals surface area (Å²) in [6.45, 7) is 4.19. The molecular formula is C29H36O9. The largest absolute Gasteiger partial charge is 0.458 e. The molecule has 5 fully saturated rings. The van der Waals surface area contributed by atoms with Gasteiger partial charge in [-0.2, -0.15) is 0 Å². The van der Waals surface area contributed by atoms with E-state index in [1.165, 1.54) is 0 Å². The number of ketones is 1. The van der Waals surface area contributed by atoms with Crippen LogP contribution in [-0.2, 0) is 33.3 Å². The highest BCUT2D eigenvalue weighted by atomic mass is 16.8. The topological polar surface area (TPSA) is 129 Å². The number of esters is 1. The maximum Gasteiger partial charge on any atom is 0.331 e. The molecule has 0 spiro atoms. The van der Waals surface area contributed by atoms with Gasteiger partial charge in [0.1, 0.15) is 12.9 Å². The molecule has 3 saturated carbocycles. The Balaban J connectivity index is 1.21. The van der Waals surface area contributed by atoms with E-state index in [0.29, 0.717) is 19.3 Å². The predicted octanol–water partition coefficient (Wildman–Crippen LogP) is 2.13. The minimum absolute atomic E-state index is 0.0300. The third-order valence-corrected chi connectivity index (χ3v) is 11.4. The standard InChI is InChI=1S/C29H36O9/c1-15-9-23(31)29(34)25(36-15)37-21-11-17-3-4-20-19(27(17,14-30)12-22(21)38-29)5-7-26(2)18(6-8-28(20,26)33)16-10-24(32)35-13-16/h3,10,14-15,18-22,25,33-34H,4-9,11-13H2,1-2H3. The number of rotatable bonds is 2. The monoisotopic (exact) mass is 528 g/mol. The van der Waals surface area contributed by atoms with E-state index < -0.39 is 46.5 Å². The van der Waals surface area contributed by atoms with Crippen molar-refractivity contribution in [2.24, 2.45) is 28.6 Å². The van der Waals surface area contributed by atoms with Crippen LogP contribution in [0.25, 0.3) is 0 Å². The van der Waals surface area contributed by atoms with E-state index in [4.69, 9.17) is 18.9 Å². The van der Waals surface area contributed by atoms with Gasteiger partial charge < -0.3 is 34.0 Å². The van der Waals surface area contributed by atoms with Crippen LogP contribution in [0.2, 0.25) is 0 Å². The second-order valence-electron chi connectivity index (χ2n) is 13.0. The van der Waals surface area contributed by atoms with Crippen molar-refractivity contribution < 1.29 is 43.5 Å². The van der Waals surface area contributed by atoms with Crippen LogP contribution in [0.5, 0.6) is 0 Å². The number of Topliss-reactive ketones (excluding diaryl/α,β-unsaturated/α-hetero) is 1. The Morgan fingerprint density at radius 2 is 1.87 bits per heavy atom. The summed E-state index contributed by atoms with van der Waals surface area (Å²) >= 11 is 0. The first-order chi connectivity index (χ1) is 18.0. The van der Waals surface area contributed by atoms with Gasteiger partial charge in [-0.05, 0) is 75.2 Å². The van der Waals surface area contributed by atoms with Crippen LogP contribution in [-0.4, -0.2) is 70.8 Å². The Hall–Kier alpha value is -1.91. The minimum atomic E-state index is -2.18. The number of fused-ring (bicyclic) bond motifs is 7. The van der Waals surface area contributed by atoms with Gasteiger partial charge in [0.25, 0.3) is 5.79 Å². The maximum atomic E-state index is 13.1. The molecule has 2 N–H and O–H groups in total. The van der Waals surface area contributed by atoms with Crippen LogP contribution >= 0.6 is 0 Å². The van der Waals surface area contributed by atoms with Crippen LogP contribution in [0.3, 0.4) is 0 Å². The number of carbonyl (C=O) groups is 3. The lowest BCUT2D eigenvalue weighted by Crippen LogP contribution is -2.69. The van der Waals surface area contributed by atoms with Gasteiger partial charge >= 0.3 is 5.97 Å². The second kappa shape index (κ2) is 8.07. The van der Waals surface area contributed by atoms with Crippen molar-refractivity contribution in [3.05, 3.63) is 23.3 Å². The second-order valence-corrected chi connectivity index (χ2v) is 13.0. The van der Waals surface area contributed by atoms with Gasteiger partial charge in [-0.15, -0.1) is 0 Å². The Morgan fingerprint density at radius 1 is 1.05 bits per heavy atom. The summed E-state index contributed by atoms with van der Waals surface area (Å²) in [6, 6.07) is 0. The summed E-state index contributed by atoms with van der Waals surface area (Å²) in [4.78, 5) is 37.6. The molecule has 9 nitrogen and oxygen atoms in total. The van der Waals surface area contributed by atoms with Gasteiger partial charge in [0, 0.05) is 17.9 Å². The first-order valence-electron chi connectivity index (χ1n) is 14.0. The number of hydrogen-bond donors (Lipinski definition) is 2. The highest BCUT2D eigenvalue weighted by Gasteiger charge is 2.69. The summed E-state index contributed by atoms with van der Waals surface area (Å²) < 4.78 is 23.2. The first kappa shape index (κ1) is 25.1. The molecule has 9 heteroatoms. The molecule has 0 aromatic carbocycles. The van der Waals surface area contributed by atoms with E-state index in [1.807, 2.05) is 0 Å². The Kier molecular flexibility index (Phi) is 5.33. The van der Waals surface area contributed by atoms with Crippen molar-refractivity contribution in [3.8, 4) is 0 Å². The Bertz CT molecular complexity index is 1160. The fraction of sp³-hybridized carbons (Fsp3) is 0.759. The van der Waals surface area contributed by atoms with Gasteiger partial charge in [-0.25, -0.2) is 4.79 Å². The molecule has 11 unspecified atom stereocenters. The molecule has 7 rings (SSSR count). The van der Waals surface area contributed by atoms with Gasteiger partial charge in [-0.3, -0.25) is 4.79 Å². The summed E-state index contributed by atoms with van der Waals surface area (Å²) in [5.41, 5.74) is -0.301. The number of carbonyl (C=O) groups excluding carboxylic acids is 3. The number of cyclic esters (lactones) is 1. The lowest BCUT2D eigenvalue weighted by molar-refractivity contribution is -0.407. The highest BCUT2D eigenvalue weighted by Crippen LogP contribution is 2.69. The molecule has 11 atom stereocenters. The summed E-state index contributed by atoms with van der Waals surface area (Å²) in [6.07, 6.45) is 6.39. The van der Waals surface area contributed by atoms with Gasteiger partial charge in [0.2, 0.25) is 6.29 Å². The molecule has 0 bridgehead atoms. The number of allylic oxidation sites excluding steroid dienone is 1. The number of aliphatic hydroxyl groups is 2. The van der Waals surface area contributed by atoms with E-state index in [-0.39, 0.29) is 49.3 Å². The zero-order valence-corrected chi connectivity index (χ0v) is 21.9. The molecule has 7 aliphatic rings. The average Bonchev–Trinajstić information content (AvgIpc) is 3.42. The third-order valence-electron chi connectivity index (χ3n) is 11.4. The van der Waals surface area contributed by atoms with Crippen molar-refractivity contribution >= 4 is 18.0 Å². The van der Waals surface area contributed by atoms with E-state index in [0.717, 1.165) is 36.7 Å². The molecule has 4 aliphatic carbocycles. The SMILES string of the molecule is CC1CC(=O)C2(O)OC3CC4(C=O)C(=CCC5C4CCC4(C)C(C6=CC(=O)OC6)CCC54O)CC3OC2O1. The van der Waals surface area contributed by atoms with Crippen molar-refractivity contribution in [1.82, 2.24) is 0 Å². The first-order valence-corrected chi connectivity index (χ1v) is 14.0. The molecule has 3 aliphatic heterocycles.